The summed E-state index contributed by atoms with van der Waals surface area (Å²) in [4.78, 5) is 4.44. The Labute approximate surface area is 157 Å². The standard InChI is InChI=1S/C19H20ClN5O/c1-2-26-17-9-4-3-8-16(17)23-18-13-22-25-19(24-18)21-11-10-14-6-5-7-15(20)12-14/h3-9,12-13H,2,10-11H2,1H3,(H2,21,23,24,25). The zero-order valence-electron chi connectivity index (χ0n) is 14.4. The smallest absolute Gasteiger partial charge is 0.244 e. The molecule has 0 atom stereocenters. The Morgan fingerprint density at radius 2 is 2.00 bits per heavy atom. The lowest BCUT2D eigenvalue weighted by atomic mass is 10.1. The van der Waals surface area contributed by atoms with E-state index in [0.717, 1.165) is 28.4 Å². The highest BCUT2D eigenvalue weighted by molar-refractivity contribution is 6.30. The summed E-state index contributed by atoms with van der Waals surface area (Å²) in [6, 6.07) is 15.5. The molecule has 0 saturated heterocycles. The summed E-state index contributed by atoms with van der Waals surface area (Å²) in [6.07, 6.45) is 2.39. The molecule has 0 aliphatic rings. The number of ether oxygens (including phenoxy) is 1. The zero-order valence-corrected chi connectivity index (χ0v) is 15.2. The van der Waals surface area contributed by atoms with Gasteiger partial charge >= 0.3 is 0 Å². The van der Waals surface area contributed by atoms with Crippen LogP contribution < -0.4 is 15.4 Å². The first kappa shape index (κ1) is 17.9. The summed E-state index contributed by atoms with van der Waals surface area (Å²) in [5.74, 6) is 1.83. The third kappa shape index (κ3) is 5.07. The van der Waals surface area contributed by atoms with Gasteiger partial charge in [0.05, 0.1) is 18.5 Å². The van der Waals surface area contributed by atoms with Crippen molar-refractivity contribution < 1.29 is 4.74 Å². The van der Waals surface area contributed by atoms with Crippen LogP contribution in [0.25, 0.3) is 0 Å². The molecule has 1 aromatic heterocycles. The lowest BCUT2D eigenvalue weighted by molar-refractivity contribution is 0.342. The largest absolute Gasteiger partial charge is 0.492 e. The molecule has 134 valence electrons. The van der Waals surface area contributed by atoms with Crippen molar-refractivity contribution in [1.82, 2.24) is 15.2 Å². The Balaban J connectivity index is 1.61. The van der Waals surface area contributed by atoms with Crippen molar-refractivity contribution in [2.75, 3.05) is 23.8 Å². The van der Waals surface area contributed by atoms with Crippen LogP contribution in [0, 0.1) is 0 Å². The number of halogens is 1. The second-order valence-electron chi connectivity index (χ2n) is 5.53. The van der Waals surface area contributed by atoms with E-state index in [1.54, 1.807) is 6.20 Å². The molecule has 0 saturated carbocycles. The van der Waals surface area contributed by atoms with Crippen molar-refractivity contribution in [3.63, 3.8) is 0 Å². The Morgan fingerprint density at radius 3 is 2.85 bits per heavy atom. The number of para-hydroxylation sites is 2. The highest BCUT2D eigenvalue weighted by atomic mass is 35.5. The normalized spacial score (nSPS) is 10.4. The molecule has 3 rings (SSSR count). The van der Waals surface area contributed by atoms with Crippen molar-refractivity contribution in [3.8, 4) is 5.75 Å². The number of benzene rings is 2. The van der Waals surface area contributed by atoms with E-state index in [4.69, 9.17) is 16.3 Å². The predicted molar refractivity (Wildman–Crippen MR) is 104 cm³/mol. The van der Waals surface area contributed by atoms with Gasteiger partial charge in [0.1, 0.15) is 5.75 Å². The van der Waals surface area contributed by atoms with Crippen LogP contribution >= 0.6 is 11.6 Å². The third-order valence-corrected chi connectivity index (χ3v) is 3.83. The first-order valence-corrected chi connectivity index (χ1v) is 8.79. The molecule has 0 aliphatic heterocycles. The molecular formula is C19H20ClN5O. The van der Waals surface area contributed by atoms with Crippen LogP contribution in [0.15, 0.2) is 54.7 Å². The fourth-order valence-electron chi connectivity index (χ4n) is 2.44. The van der Waals surface area contributed by atoms with E-state index in [9.17, 15) is 0 Å². The lowest BCUT2D eigenvalue weighted by Gasteiger charge is -2.12. The van der Waals surface area contributed by atoms with Gasteiger partial charge in [-0.3, -0.25) is 0 Å². The SMILES string of the molecule is CCOc1ccccc1Nc1cnnc(NCCc2cccc(Cl)c2)n1. The number of rotatable bonds is 8. The molecule has 0 fully saturated rings. The average Bonchev–Trinajstić information content (AvgIpc) is 2.64. The molecule has 2 aromatic carbocycles. The minimum atomic E-state index is 0.464. The van der Waals surface area contributed by atoms with Crippen LogP contribution in [0.1, 0.15) is 12.5 Å². The van der Waals surface area contributed by atoms with E-state index in [0.29, 0.717) is 24.9 Å². The van der Waals surface area contributed by atoms with Gasteiger partial charge in [0.2, 0.25) is 5.95 Å². The van der Waals surface area contributed by atoms with E-state index in [1.165, 1.54) is 0 Å². The summed E-state index contributed by atoms with van der Waals surface area (Å²) in [5, 5.41) is 15.1. The van der Waals surface area contributed by atoms with Gasteiger partial charge < -0.3 is 15.4 Å². The fourth-order valence-corrected chi connectivity index (χ4v) is 2.65. The molecule has 1 heterocycles. The van der Waals surface area contributed by atoms with Gasteiger partial charge in [-0.1, -0.05) is 35.9 Å². The number of aromatic nitrogens is 3. The van der Waals surface area contributed by atoms with Crippen molar-refractivity contribution in [2.45, 2.75) is 13.3 Å². The zero-order chi connectivity index (χ0) is 18.2. The van der Waals surface area contributed by atoms with Gasteiger partial charge in [-0.15, -0.1) is 5.10 Å². The second kappa shape index (κ2) is 9.01. The minimum absolute atomic E-state index is 0.464. The maximum atomic E-state index is 6.00. The molecule has 0 radical (unpaired) electrons. The molecule has 0 spiro atoms. The second-order valence-corrected chi connectivity index (χ2v) is 5.96. The first-order chi connectivity index (χ1) is 12.7. The Bertz CT molecular complexity index is 859. The summed E-state index contributed by atoms with van der Waals surface area (Å²) in [5.41, 5.74) is 1.98. The summed E-state index contributed by atoms with van der Waals surface area (Å²) < 4.78 is 5.61. The van der Waals surface area contributed by atoms with Crippen LogP contribution in [0.2, 0.25) is 5.02 Å². The molecule has 6 nitrogen and oxygen atoms in total. The molecule has 26 heavy (non-hydrogen) atoms. The molecule has 0 aliphatic carbocycles. The molecule has 0 unspecified atom stereocenters. The number of hydrogen-bond acceptors (Lipinski definition) is 6. The Hall–Kier alpha value is -2.86. The Kier molecular flexibility index (Phi) is 6.22. The highest BCUT2D eigenvalue weighted by Gasteiger charge is 2.05. The predicted octanol–water partition coefficient (Wildman–Crippen LogP) is 4.32. The molecular weight excluding hydrogens is 350 g/mol. The van der Waals surface area contributed by atoms with E-state index in [1.807, 2.05) is 55.5 Å². The van der Waals surface area contributed by atoms with E-state index in [-0.39, 0.29) is 0 Å². The number of hydrogen-bond donors (Lipinski definition) is 2. The number of anilines is 3. The van der Waals surface area contributed by atoms with Crippen LogP contribution in [-0.2, 0) is 6.42 Å². The quantitative estimate of drug-likeness (QED) is 0.616. The maximum Gasteiger partial charge on any atom is 0.244 e. The molecule has 7 heteroatoms. The van der Waals surface area contributed by atoms with Crippen LogP contribution in [0.5, 0.6) is 5.75 Å². The maximum absolute atomic E-state index is 6.00. The van der Waals surface area contributed by atoms with E-state index in [2.05, 4.69) is 25.8 Å². The molecule has 3 aromatic rings. The van der Waals surface area contributed by atoms with Gasteiger partial charge in [0, 0.05) is 11.6 Å². The third-order valence-electron chi connectivity index (χ3n) is 3.59. The number of nitrogens with one attached hydrogen (secondary N) is 2. The summed E-state index contributed by atoms with van der Waals surface area (Å²) >= 11 is 6.00. The van der Waals surface area contributed by atoms with Gasteiger partial charge in [-0.2, -0.15) is 10.1 Å². The monoisotopic (exact) mass is 369 g/mol. The average molecular weight is 370 g/mol. The lowest BCUT2D eigenvalue weighted by Crippen LogP contribution is -2.10. The summed E-state index contributed by atoms with van der Waals surface area (Å²) in [7, 11) is 0. The van der Waals surface area contributed by atoms with E-state index >= 15 is 0 Å². The van der Waals surface area contributed by atoms with Gasteiger partial charge in [0.15, 0.2) is 5.82 Å². The van der Waals surface area contributed by atoms with Crippen LogP contribution in [0.4, 0.5) is 17.5 Å². The van der Waals surface area contributed by atoms with Gasteiger partial charge in [-0.25, -0.2) is 0 Å². The number of nitrogens with zero attached hydrogens (tertiary/aromatic N) is 3. The van der Waals surface area contributed by atoms with Gasteiger partial charge in [-0.05, 0) is 43.2 Å². The minimum Gasteiger partial charge on any atom is -0.492 e. The molecule has 2 N–H and O–H groups in total. The highest BCUT2D eigenvalue weighted by Crippen LogP contribution is 2.26. The topological polar surface area (TPSA) is 72.0 Å². The molecule has 0 amide bonds. The van der Waals surface area contributed by atoms with Crippen molar-refractivity contribution >= 4 is 29.1 Å². The molecule has 0 bridgehead atoms. The fraction of sp³-hybridized carbons (Fsp3) is 0.211. The van der Waals surface area contributed by atoms with Gasteiger partial charge in [0.25, 0.3) is 0 Å². The Morgan fingerprint density at radius 1 is 1.12 bits per heavy atom. The van der Waals surface area contributed by atoms with Crippen molar-refractivity contribution in [1.29, 1.82) is 0 Å². The van der Waals surface area contributed by atoms with Crippen molar-refractivity contribution in [3.05, 3.63) is 65.3 Å². The van der Waals surface area contributed by atoms with Crippen molar-refractivity contribution in [2.24, 2.45) is 0 Å². The first-order valence-electron chi connectivity index (χ1n) is 8.41. The summed E-state index contributed by atoms with van der Waals surface area (Å²) in [6.45, 7) is 3.23. The van der Waals surface area contributed by atoms with Crippen LogP contribution in [0.3, 0.4) is 0 Å². The van der Waals surface area contributed by atoms with E-state index < -0.39 is 0 Å². The van der Waals surface area contributed by atoms with Crippen LogP contribution in [-0.4, -0.2) is 28.3 Å².